The van der Waals surface area contributed by atoms with Crippen LogP contribution in [0.4, 0.5) is 0 Å². The lowest BCUT2D eigenvalue weighted by Crippen LogP contribution is -2.61. The van der Waals surface area contributed by atoms with E-state index in [2.05, 4.69) is 5.92 Å². The van der Waals surface area contributed by atoms with Crippen LogP contribution in [0.1, 0.15) is 22.3 Å². The Morgan fingerprint density at radius 1 is 0.512 bits per heavy atom. The average Bonchev–Trinajstić information content (AvgIpc) is 3.07. The first kappa shape index (κ1) is 30.7. The molecule has 0 aliphatic carbocycles. The average molecular weight is 579 g/mol. The fraction of sp³-hybridized carbons (Fsp3) is 0.297. The molecule has 0 amide bonds. The maximum absolute atomic E-state index is 6.66. The SMILES string of the molecule is C#CCO[C@@H]1O[C@H](COCc2ccccc2)[C@@H](OCc2ccccc2)[C@H](OCc2ccccc2)[C@H]1OCc1ccccc1. The lowest BCUT2D eigenvalue weighted by Gasteiger charge is -2.45. The van der Waals surface area contributed by atoms with Gasteiger partial charge >= 0.3 is 0 Å². The van der Waals surface area contributed by atoms with Crippen LogP contribution in [0.3, 0.4) is 0 Å². The second kappa shape index (κ2) is 16.7. The van der Waals surface area contributed by atoms with Gasteiger partial charge in [-0.1, -0.05) is 127 Å². The molecule has 0 bridgehead atoms. The Morgan fingerprint density at radius 2 is 0.930 bits per heavy atom. The van der Waals surface area contributed by atoms with Crippen LogP contribution < -0.4 is 0 Å². The van der Waals surface area contributed by atoms with E-state index in [0.717, 1.165) is 22.3 Å². The molecule has 0 N–H and O–H groups in total. The number of benzene rings is 4. The van der Waals surface area contributed by atoms with E-state index in [1.807, 2.05) is 121 Å². The van der Waals surface area contributed by atoms with Crippen LogP contribution >= 0.6 is 0 Å². The molecule has 6 nitrogen and oxygen atoms in total. The van der Waals surface area contributed by atoms with Crippen LogP contribution in [0.15, 0.2) is 121 Å². The molecule has 1 saturated heterocycles. The number of ether oxygens (including phenoxy) is 6. The molecule has 1 fully saturated rings. The van der Waals surface area contributed by atoms with Crippen LogP contribution in [-0.2, 0) is 54.8 Å². The predicted molar refractivity (Wildman–Crippen MR) is 165 cm³/mol. The summed E-state index contributed by atoms with van der Waals surface area (Å²) in [6.07, 6.45) is 2.61. The van der Waals surface area contributed by atoms with Crippen molar-refractivity contribution < 1.29 is 28.4 Å². The van der Waals surface area contributed by atoms with Crippen LogP contribution in [0.2, 0.25) is 0 Å². The summed E-state index contributed by atoms with van der Waals surface area (Å²) >= 11 is 0. The van der Waals surface area contributed by atoms with Gasteiger partial charge in [0.15, 0.2) is 6.29 Å². The first-order valence-corrected chi connectivity index (χ1v) is 14.6. The van der Waals surface area contributed by atoms with Gasteiger partial charge in [-0.05, 0) is 22.3 Å². The van der Waals surface area contributed by atoms with Gasteiger partial charge in [-0.25, -0.2) is 0 Å². The number of terminal acetylenes is 1. The quantitative estimate of drug-likeness (QED) is 0.154. The fourth-order valence-corrected chi connectivity index (χ4v) is 5.01. The molecule has 43 heavy (non-hydrogen) atoms. The molecule has 222 valence electrons. The minimum atomic E-state index is -0.789. The van der Waals surface area contributed by atoms with E-state index in [1.165, 1.54) is 0 Å². The highest BCUT2D eigenvalue weighted by molar-refractivity contribution is 5.16. The molecular weight excluding hydrogens is 540 g/mol. The summed E-state index contributed by atoms with van der Waals surface area (Å²) < 4.78 is 38.6. The molecule has 4 aromatic rings. The van der Waals surface area contributed by atoms with E-state index in [-0.39, 0.29) is 13.2 Å². The lowest BCUT2D eigenvalue weighted by molar-refractivity contribution is -0.326. The molecule has 5 rings (SSSR count). The standard InChI is InChI=1S/C37H38O6/c1-2-23-39-37-36(42-27-32-21-13-6-14-22-32)35(41-26-31-19-11-5-12-20-31)34(40-25-30-17-9-4-10-18-30)33(43-37)28-38-24-29-15-7-3-8-16-29/h1,3-22,33-37H,23-28H2/t33-,34-,35+,36-,37-/m1/s1. The van der Waals surface area contributed by atoms with E-state index in [9.17, 15) is 0 Å². The van der Waals surface area contributed by atoms with Gasteiger partial charge in [0.25, 0.3) is 0 Å². The highest BCUT2D eigenvalue weighted by atomic mass is 16.7. The van der Waals surface area contributed by atoms with Gasteiger partial charge in [0.2, 0.25) is 0 Å². The molecule has 0 spiro atoms. The Kier molecular flexibility index (Phi) is 11.9. The van der Waals surface area contributed by atoms with Gasteiger partial charge in [-0.2, -0.15) is 0 Å². The molecule has 4 aromatic carbocycles. The Morgan fingerprint density at radius 3 is 1.40 bits per heavy atom. The van der Waals surface area contributed by atoms with Crippen molar-refractivity contribution in [2.75, 3.05) is 13.2 Å². The van der Waals surface area contributed by atoms with Crippen LogP contribution in [0.5, 0.6) is 0 Å². The monoisotopic (exact) mass is 578 g/mol. The summed E-state index contributed by atoms with van der Waals surface area (Å²) in [5.41, 5.74) is 4.17. The Hall–Kier alpha value is -3.80. The third-order valence-electron chi connectivity index (χ3n) is 7.17. The van der Waals surface area contributed by atoms with E-state index in [0.29, 0.717) is 26.4 Å². The fourth-order valence-electron chi connectivity index (χ4n) is 5.01. The Balaban J connectivity index is 1.41. The van der Waals surface area contributed by atoms with Gasteiger partial charge in [-0.3, -0.25) is 0 Å². The third kappa shape index (κ3) is 9.34. The molecule has 0 aromatic heterocycles. The van der Waals surface area contributed by atoms with Gasteiger partial charge in [0, 0.05) is 0 Å². The Bertz CT molecular complexity index is 1360. The molecule has 1 aliphatic heterocycles. The molecule has 0 unspecified atom stereocenters. The molecule has 1 heterocycles. The van der Waals surface area contributed by atoms with Gasteiger partial charge in [-0.15, -0.1) is 6.42 Å². The molecule has 0 radical (unpaired) electrons. The van der Waals surface area contributed by atoms with Crippen LogP contribution in [0, 0.1) is 12.3 Å². The molecule has 1 aliphatic rings. The second-order valence-corrected chi connectivity index (χ2v) is 10.3. The molecule has 5 atom stereocenters. The minimum absolute atomic E-state index is 0.0639. The second-order valence-electron chi connectivity index (χ2n) is 10.3. The van der Waals surface area contributed by atoms with Crippen molar-refractivity contribution in [3.63, 3.8) is 0 Å². The van der Waals surface area contributed by atoms with Crippen molar-refractivity contribution in [1.29, 1.82) is 0 Å². The topological polar surface area (TPSA) is 55.4 Å². The first-order chi connectivity index (χ1) is 21.3. The molecule has 0 saturated carbocycles. The van der Waals surface area contributed by atoms with Crippen molar-refractivity contribution in [2.24, 2.45) is 0 Å². The molecular formula is C37H38O6. The summed E-state index contributed by atoms with van der Waals surface area (Å²) in [5.74, 6) is 2.56. The minimum Gasteiger partial charge on any atom is -0.374 e. The van der Waals surface area contributed by atoms with E-state index in [1.54, 1.807) is 0 Å². The maximum Gasteiger partial charge on any atom is 0.188 e. The van der Waals surface area contributed by atoms with Crippen molar-refractivity contribution in [3.05, 3.63) is 144 Å². The zero-order chi connectivity index (χ0) is 29.5. The number of hydrogen-bond acceptors (Lipinski definition) is 6. The number of rotatable bonds is 15. The van der Waals surface area contributed by atoms with Gasteiger partial charge in [0.05, 0.1) is 33.0 Å². The largest absolute Gasteiger partial charge is 0.374 e. The zero-order valence-corrected chi connectivity index (χ0v) is 24.2. The first-order valence-electron chi connectivity index (χ1n) is 14.6. The summed E-state index contributed by atoms with van der Waals surface area (Å²) in [4.78, 5) is 0. The zero-order valence-electron chi connectivity index (χ0n) is 24.2. The van der Waals surface area contributed by atoms with Crippen molar-refractivity contribution in [3.8, 4) is 12.3 Å². The molecule has 6 heteroatoms. The normalized spacial score (nSPS) is 21.7. The lowest BCUT2D eigenvalue weighted by atomic mass is 9.97. The highest BCUT2D eigenvalue weighted by Gasteiger charge is 2.49. The smallest absolute Gasteiger partial charge is 0.188 e. The summed E-state index contributed by atoms with van der Waals surface area (Å²) in [5, 5.41) is 0. The van der Waals surface area contributed by atoms with Crippen molar-refractivity contribution in [2.45, 2.75) is 57.1 Å². The maximum atomic E-state index is 6.66. The van der Waals surface area contributed by atoms with Crippen molar-refractivity contribution >= 4 is 0 Å². The number of hydrogen-bond donors (Lipinski definition) is 0. The summed E-state index contributed by atoms with van der Waals surface area (Å²) in [7, 11) is 0. The summed E-state index contributed by atoms with van der Waals surface area (Å²) in [6.45, 7) is 1.84. The van der Waals surface area contributed by atoms with Crippen LogP contribution in [0.25, 0.3) is 0 Å². The summed E-state index contributed by atoms with van der Waals surface area (Å²) in [6, 6.07) is 40.1. The van der Waals surface area contributed by atoms with Crippen LogP contribution in [-0.4, -0.2) is 43.9 Å². The van der Waals surface area contributed by atoms with Crippen molar-refractivity contribution in [1.82, 2.24) is 0 Å². The predicted octanol–water partition coefficient (Wildman–Crippen LogP) is 6.33. The van der Waals surface area contributed by atoms with E-state index < -0.39 is 30.7 Å². The van der Waals surface area contributed by atoms with Gasteiger partial charge < -0.3 is 28.4 Å². The highest BCUT2D eigenvalue weighted by Crippen LogP contribution is 2.31. The third-order valence-corrected chi connectivity index (χ3v) is 7.17. The van der Waals surface area contributed by atoms with Gasteiger partial charge in [0.1, 0.15) is 31.0 Å². The van der Waals surface area contributed by atoms with E-state index >= 15 is 0 Å². The van der Waals surface area contributed by atoms with E-state index in [4.69, 9.17) is 34.8 Å². The Labute approximate surface area is 254 Å².